The zero-order valence-corrected chi connectivity index (χ0v) is 12.1. The van der Waals surface area contributed by atoms with Gasteiger partial charge in [-0.05, 0) is 32.3 Å². The van der Waals surface area contributed by atoms with E-state index in [0.29, 0.717) is 13.0 Å². The average Bonchev–Trinajstić information content (AvgIpc) is 2.69. The van der Waals surface area contributed by atoms with Crippen molar-refractivity contribution in [1.29, 1.82) is 0 Å². The molecule has 0 amide bonds. The fourth-order valence-electron chi connectivity index (χ4n) is 1.40. The smallest absolute Gasteiger partial charge is 0.220 e. The molecule has 0 radical (unpaired) electrons. The molecular weight excluding hydrogens is 272 g/mol. The molecule has 1 atom stereocenters. The molecule has 1 unspecified atom stereocenters. The van der Waals surface area contributed by atoms with E-state index in [2.05, 4.69) is 27.1 Å². The van der Waals surface area contributed by atoms with Crippen LogP contribution in [0.15, 0.2) is 6.20 Å². The second-order valence-corrected chi connectivity index (χ2v) is 6.66. The van der Waals surface area contributed by atoms with Crippen LogP contribution in [0.4, 0.5) is 0 Å². The van der Waals surface area contributed by atoms with Gasteiger partial charge in [0.15, 0.2) is 0 Å². The van der Waals surface area contributed by atoms with Crippen LogP contribution < -0.4 is 10.5 Å². The summed E-state index contributed by atoms with van der Waals surface area (Å²) in [6.45, 7) is 3.77. The number of H-pyrrole nitrogens is 1. The Bertz CT molecular complexity index is 510. The van der Waals surface area contributed by atoms with E-state index in [9.17, 15) is 8.42 Å². The van der Waals surface area contributed by atoms with Crippen LogP contribution in [0.5, 0.6) is 0 Å². The molecule has 8 heteroatoms. The monoisotopic (exact) mass is 290 g/mol. The van der Waals surface area contributed by atoms with Crippen LogP contribution in [0.25, 0.3) is 0 Å². The molecule has 0 aliphatic heterocycles. The summed E-state index contributed by atoms with van der Waals surface area (Å²) >= 11 is 4.67. The lowest BCUT2D eigenvalue weighted by atomic mass is 10.1. The molecule has 1 rings (SSSR count). The SMILES string of the molecule is Cc1[nH]ncc1CCCNS(=O)(=O)C(C)C(N)=S. The predicted octanol–water partition coefficient (Wildman–Crippen LogP) is 0.245. The molecule has 102 valence electrons. The second kappa shape index (κ2) is 6.26. The summed E-state index contributed by atoms with van der Waals surface area (Å²) in [7, 11) is -3.45. The summed E-state index contributed by atoms with van der Waals surface area (Å²) in [5.74, 6) is 0. The maximum Gasteiger partial charge on any atom is 0.220 e. The third-order valence-electron chi connectivity index (χ3n) is 2.73. The topological polar surface area (TPSA) is 101 Å². The van der Waals surface area contributed by atoms with Crippen molar-refractivity contribution in [3.05, 3.63) is 17.5 Å². The van der Waals surface area contributed by atoms with Gasteiger partial charge in [0.1, 0.15) is 5.25 Å². The fourth-order valence-corrected chi connectivity index (χ4v) is 2.76. The van der Waals surface area contributed by atoms with Crippen LogP contribution in [-0.2, 0) is 16.4 Å². The molecule has 0 spiro atoms. The molecule has 0 bridgehead atoms. The van der Waals surface area contributed by atoms with Crippen molar-refractivity contribution in [3.63, 3.8) is 0 Å². The summed E-state index contributed by atoms with van der Waals surface area (Å²) < 4.78 is 25.9. The minimum Gasteiger partial charge on any atom is -0.392 e. The Morgan fingerprint density at radius 2 is 2.33 bits per heavy atom. The van der Waals surface area contributed by atoms with Crippen LogP contribution in [0.3, 0.4) is 0 Å². The van der Waals surface area contributed by atoms with E-state index in [1.807, 2.05) is 6.92 Å². The van der Waals surface area contributed by atoms with Gasteiger partial charge in [0.05, 0.1) is 11.2 Å². The maximum absolute atomic E-state index is 11.7. The predicted molar refractivity (Wildman–Crippen MR) is 74.8 cm³/mol. The first kappa shape index (κ1) is 15.1. The van der Waals surface area contributed by atoms with Gasteiger partial charge in [0, 0.05) is 12.2 Å². The Balaban J connectivity index is 2.38. The minimum atomic E-state index is -3.45. The standard InChI is InChI=1S/C10H18N4O2S2/c1-7-9(6-12-14-7)4-3-5-13-18(15,16)8(2)10(11)17/h6,8,13H,3-5H2,1-2H3,(H2,11,17)(H,12,14). The number of nitrogens with two attached hydrogens (primary N) is 1. The van der Waals surface area contributed by atoms with E-state index < -0.39 is 15.3 Å². The zero-order chi connectivity index (χ0) is 13.8. The minimum absolute atomic E-state index is 0.0202. The first-order valence-corrected chi connectivity index (χ1v) is 7.56. The summed E-state index contributed by atoms with van der Waals surface area (Å²) in [4.78, 5) is -0.0202. The molecule has 0 saturated carbocycles. The van der Waals surface area contributed by atoms with Crippen LogP contribution in [0, 0.1) is 6.92 Å². The highest BCUT2D eigenvalue weighted by Crippen LogP contribution is 2.06. The summed E-state index contributed by atoms with van der Waals surface area (Å²) in [5, 5.41) is 5.90. The Morgan fingerprint density at radius 1 is 1.67 bits per heavy atom. The highest BCUT2D eigenvalue weighted by Gasteiger charge is 2.22. The molecule has 0 aliphatic carbocycles. The Kier molecular flexibility index (Phi) is 5.24. The van der Waals surface area contributed by atoms with Gasteiger partial charge in [-0.25, -0.2) is 13.1 Å². The number of sulfonamides is 1. The van der Waals surface area contributed by atoms with Crippen molar-refractivity contribution < 1.29 is 8.42 Å². The van der Waals surface area contributed by atoms with Gasteiger partial charge in [0.2, 0.25) is 10.0 Å². The number of hydrogen-bond donors (Lipinski definition) is 3. The number of aromatic amines is 1. The second-order valence-electron chi connectivity index (χ2n) is 4.11. The van der Waals surface area contributed by atoms with Crippen molar-refractivity contribution in [2.45, 2.75) is 31.9 Å². The van der Waals surface area contributed by atoms with Crippen molar-refractivity contribution in [3.8, 4) is 0 Å². The molecule has 18 heavy (non-hydrogen) atoms. The van der Waals surface area contributed by atoms with E-state index in [1.165, 1.54) is 6.92 Å². The highest BCUT2D eigenvalue weighted by atomic mass is 32.2. The lowest BCUT2D eigenvalue weighted by Gasteiger charge is -2.12. The molecule has 0 aliphatic rings. The number of thiocarbonyl (C=S) groups is 1. The number of aryl methyl sites for hydroxylation is 2. The Labute approximate surface area is 112 Å². The van der Waals surface area contributed by atoms with Gasteiger partial charge in [-0.15, -0.1) is 0 Å². The fraction of sp³-hybridized carbons (Fsp3) is 0.600. The van der Waals surface area contributed by atoms with E-state index in [1.54, 1.807) is 6.20 Å². The molecule has 1 aromatic heterocycles. The third-order valence-corrected chi connectivity index (χ3v) is 5.02. The molecule has 0 saturated heterocycles. The first-order chi connectivity index (χ1) is 8.34. The summed E-state index contributed by atoms with van der Waals surface area (Å²) in [6, 6.07) is 0. The largest absolute Gasteiger partial charge is 0.392 e. The molecule has 0 aromatic carbocycles. The summed E-state index contributed by atoms with van der Waals surface area (Å²) in [5.41, 5.74) is 7.43. The average molecular weight is 290 g/mol. The molecule has 1 heterocycles. The molecule has 1 aromatic rings. The van der Waals surface area contributed by atoms with Gasteiger partial charge in [-0.2, -0.15) is 5.10 Å². The van der Waals surface area contributed by atoms with E-state index in [0.717, 1.165) is 17.7 Å². The Morgan fingerprint density at radius 3 is 2.83 bits per heavy atom. The molecule has 0 fully saturated rings. The number of nitrogens with one attached hydrogen (secondary N) is 2. The molecule has 6 nitrogen and oxygen atoms in total. The normalized spacial score (nSPS) is 13.4. The van der Waals surface area contributed by atoms with Crippen molar-refractivity contribution in [2.24, 2.45) is 5.73 Å². The van der Waals surface area contributed by atoms with Crippen molar-refractivity contribution in [1.82, 2.24) is 14.9 Å². The van der Waals surface area contributed by atoms with Crippen LogP contribution in [0.1, 0.15) is 24.6 Å². The van der Waals surface area contributed by atoms with E-state index >= 15 is 0 Å². The number of nitrogens with zero attached hydrogens (tertiary/aromatic N) is 1. The van der Waals surface area contributed by atoms with Gasteiger partial charge in [-0.1, -0.05) is 12.2 Å². The number of rotatable bonds is 7. The quantitative estimate of drug-likeness (QED) is 0.493. The number of hydrogen-bond acceptors (Lipinski definition) is 4. The van der Waals surface area contributed by atoms with E-state index in [4.69, 9.17) is 5.73 Å². The maximum atomic E-state index is 11.7. The van der Waals surface area contributed by atoms with Gasteiger partial charge < -0.3 is 5.73 Å². The van der Waals surface area contributed by atoms with Gasteiger partial charge in [0.25, 0.3) is 0 Å². The third kappa shape index (κ3) is 4.04. The van der Waals surface area contributed by atoms with E-state index in [-0.39, 0.29) is 4.99 Å². The molecular formula is C10H18N4O2S2. The van der Waals surface area contributed by atoms with Crippen LogP contribution in [-0.4, -0.2) is 35.4 Å². The van der Waals surface area contributed by atoms with Gasteiger partial charge >= 0.3 is 0 Å². The van der Waals surface area contributed by atoms with Gasteiger partial charge in [-0.3, -0.25) is 5.10 Å². The summed E-state index contributed by atoms with van der Waals surface area (Å²) in [6.07, 6.45) is 3.22. The van der Waals surface area contributed by atoms with Crippen LogP contribution in [0.2, 0.25) is 0 Å². The lowest BCUT2D eigenvalue weighted by Crippen LogP contribution is -2.40. The van der Waals surface area contributed by atoms with Crippen molar-refractivity contribution >= 4 is 27.2 Å². The van der Waals surface area contributed by atoms with Crippen molar-refractivity contribution in [2.75, 3.05) is 6.54 Å². The Hall–Kier alpha value is -0.990. The first-order valence-electron chi connectivity index (χ1n) is 5.61. The lowest BCUT2D eigenvalue weighted by molar-refractivity contribution is 0.576. The number of aromatic nitrogens is 2. The zero-order valence-electron chi connectivity index (χ0n) is 10.4. The molecule has 4 N–H and O–H groups in total. The van der Waals surface area contributed by atoms with Crippen LogP contribution >= 0.6 is 12.2 Å². The highest BCUT2D eigenvalue weighted by molar-refractivity contribution is 7.93.